The largest absolute Gasteiger partial charge is 0.352 e. The van der Waals surface area contributed by atoms with Gasteiger partial charge in [-0.05, 0) is 24.3 Å². The van der Waals surface area contributed by atoms with Crippen LogP contribution in [0.4, 0.5) is 10.5 Å². The smallest absolute Gasteiger partial charge is 0.246 e. The zero-order chi connectivity index (χ0) is 11.9. The fourth-order valence-corrected chi connectivity index (χ4v) is 2.51. The predicted octanol–water partition coefficient (Wildman–Crippen LogP) is 1.64. The topological polar surface area (TPSA) is 43.9 Å². The second-order valence-corrected chi connectivity index (χ2v) is 5.06. The first kappa shape index (κ1) is 11.4. The molecule has 1 saturated heterocycles. The molecule has 2 amide bonds. The maximum absolute atomic E-state index is 11.9. The number of hydrogen-bond acceptors (Lipinski definition) is 2. The summed E-state index contributed by atoms with van der Waals surface area (Å²) in [5, 5.41) is 1.87. The number of benzene rings is 1. The van der Waals surface area contributed by atoms with Gasteiger partial charge in [-0.1, -0.05) is 11.6 Å². The lowest BCUT2D eigenvalue weighted by Crippen LogP contribution is -2.32. The van der Waals surface area contributed by atoms with Crippen LogP contribution in [0.5, 0.6) is 0 Å². The van der Waals surface area contributed by atoms with Crippen molar-refractivity contribution in [1.82, 2.24) is 9.42 Å². The first-order chi connectivity index (χ1) is 7.52. The van der Waals surface area contributed by atoms with Gasteiger partial charge in [0.25, 0.3) is 0 Å². The molecule has 7 heteroatoms. The minimum Gasteiger partial charge on any atom is -0.246 e. The second-order valence-electron chi connectivity index (χ2n) is 3.27. The molecule has 1 aromatic carbocycles. The molecule has 1 unspecified atom stereocenters. The molecule has 2 rings (SSSR count). The number of anilines is 1. The van der Waals surface area contributed by atoms with E-state index >= 15 is 0 Å². The van der Waals surface area contributed by atoms with Crippen molar-refractivity contribution in [3.63, 3.8) is 0 Å². The first-order valence-corrected chi connectivity index (χ1v) is 5.95. The van der Waals surface area contributed by atoms with Crippen LogP contribution in [-0.4, -0.2) is 33.8 Å². The lowest BCUT2D eigenvalue weighted by molar-refractivity contribution is 0.162. The number of carbonyl (C=O) groups is 1. The Morgan fingerprint density at radius 3 is 2.19 bits per heavy atom. The summed E-state index contributed by atoms with van der Waals surface area (Å²) in [6.45, 7) is 0. The lowest BCUT2D eigenvalue weighted by Gasteiger charge is -2.12. The van der Waals surface area contributed by atoms with Crippen LogP contribution in [0.15, 0.2) is 24.3 Å². The Morgan fingerprint density at radius 1 is 1.19 bits per heavy atom. The fourth-order valence-electron chi connectivity index (χ4n) is 1.32. The third kappa shape index (κ3) is 1.68. The van der Waals surface area contributed by atoms with Gasteiger partial charge in [0.05, 0.1) is 5.69 Å². The first-order valence-electron chi connectivity index (χ1n) is 4.51. The van der Waals surface area contributed by atoms with Gasteiger partial charge in [0.2, 0.25) is 11.2 Å². The number of hydrogen-bond donors (Lipinski definition) is 0. The van der Waals surface area contributed by atoms with E-state index < -0.39 is 11.2 Å². The standard InChI is InChI=1S/C9H10ClN3O2S/c1-11-9(14)13(16(15)12(11)2)8-5-3-7(10)4-6-8/h3-6H,1-2H3. The molecular weight excluding hydrogens is 250 g/mol. The summed E-state index contributed by atoms with van der Waals surface area (Å²) < 4.78 is 14.4. The van der Waals surface area contributed by atoms with Gasteiger partial charge in [0.15, 0.2) is 0 Å². The Hall–Kier alpha value is -1.11. The number of halogens is 1. The highest BCUT2D eigenvalue weighted by molar-refractivity contribution is 7.85. The fraction of sp³-hybridized carbons (Fsp3) is 0.222. The summed E-state index contributed by atoms with van der Waals surface area (Å²) in [6.07, 6.45) is 0. The molecule has 1 aliphatic rings. The normalized spacial score (nSPS) is 21.9. The third-order valence-corrected chi connectivity index (χ3v) is 3.94. The highest BCUT2D eigenvalue weighted by atomic mass is 35.5. The van der Waals surface area contributed by atoms with Crippen LogP contribution in [0.2, 0.25) is 5.02 Å². The van der Waals surface area contributed by atoms with E-state index in [1.807, 2.05) is 0 Å². The maximum Gasteiger partial charge on any atom is 0.352 e. The summed E-state index contributed by atoms with van der Waals surface area (Å²) in [4.78, 5) is 11.8. The van der Waals surface area contributed by atoms with E-state index in [1.165, 1.54) is 13.7 Å². The summed E-state index contributed by atoms with van der Waals surface area (Å²) in [5.41, 5.74) is 0.559. The molecule has 86 valence electrons. The van der Waals surface area contributed by atoms with Crippen LogP contribution in [0.25, 0.3) is 0 Å². The van der Waals surface area contributed by atoms with E-state index in [9.17, 15) is 9.00 Å². The van der Waals surface area contributed by atoms with Gasteiger partial charge < -0.3 is 0 Å². The molecular formula is C9H10ClN3O2S. The minimum absolute atomic E-state index is 0.330. The van der Waals surface area contributed by atoms with Crippen LogP contribution in [-0.2, 0) is 11.2 Å². The van der Waals surface area contributed by atoms with Crippen molar-refractivity contribution in [3.8, 4) is 0 Å². The second kappa shape index (κ2) is 4.04. The number of amides is 2. The van der Waals surface area contributed by atoms with Crippen molar-refractivity contribution in [3.05, 3.63) is 29.3 Å². The average molecular weight is 260 g/mol. The van der Waals surface area contributed by atoms with Crippen molar-refractivity contribution in [1.29, 1.82) is 0 Å². The van der Waals surface area contributed by atoms with Crippen molar-refractivity contribution in [2.45, 2.75) is 0 Å². The van der Waals surface area contributed by atoms with E-state index in [-0.39, 0.29) is 6.03 Å². The van der Waals surface area contributed by atoms with Crippen molar-refractivity contribution in [2.75, 3.05) is 18.4 Å². The Bertz CT molecular complexity index is 431. The zero-order valence-corrected chi connectivity index (χ0v) is 10.3. The van der Waals surface area contributed by atoms with Crippen LogP contribution in [0, 0.1) is 0 Å². The molecule has 5 nitrogen and oxygen atoms in total. The Kier molecular flexibility index (Phi) is 2.88. The van der Waals surface area contributed by atoms with Crippen molar-refractivity contribution >= 4 is 34.5 Å². The average Bonchev–Trinajstić information content (AvgIpc) is 2.46. The third-order valence-electron chi connectivity index (χ3n) is 2.32. The van der Waals surface area contributed by atoms with Gasteiger partial charge in [-0.15, -0.1) is 4.41 Å². The predicted molar refractivity (Wildman–Crippen MR) is 63.0 cm³/mol. The molecule has 0 aromatic heterocycles. The van der Waals surface area contributed by atoms with Crippen LogP contribution in [0.3, 0.4) is 0 Å². The van der Waals surface area contributed by atoms with Crippen LogP contribution >= 0.6 is 11.6 Å². The molecule has 1 aliphatic heterocycles. The molecule has 0 radical (unpaired) electrons. The van der Waals surface area contributed by atoms with Gasteiger partial charge in [-0.2, -0.15) is 4.31 Å². The molecule has 1 fully saturated rings. The van der Waals surface area contributed by atoms with Crippen LogP contribution in [0.1, 0.15) is 0 Å². The highest BCUT2D eigenvalue weighted by Gasteiger charge is 2.39. The van der Waals surface area contributed by atoms with Crippen molar-refractivity contribution < 1.29 is 9.00 Å². The summed E-state index contributed by atoms with van der Waals surface area (Å²) >= 11 is 4.23. The Morgan fingerprint density at radius 2 is 1.75 bits per heavy atom. The molecule has 1 heterocycles. The molecule has 1 atom stereocenters. The van der Waals surface area contributed by atoms with E-state index in [0.29, 0.717) is 10.7 Å². The summed E-state index contributed by atoms with van der Waals surface area (Å²) in [7, 11) is 3.15. The number of hydrazine groups is 1. The van der Waals surface area contributed by atoms with Gasteiger partial charge in [0, 0.05) is 19.1 Å². The van der Waals surface area contributed by atoms with Gasteiger partial charge in [-0.3, -0.25) is 0 Å². The molecule has 0 N–H and O–H groups in total. The van der Waals surface area contributed by atoms with Gasteiger partial charge in [-0.25, -0.2) is 14.0 Å². The van der Waals surface area contributed by atoms with E-state index in [2.05, 4.69) is 0 Å². The molecule has 0 spiro atoms. The van der Waals surface area contributed by atoms with Gasteiger partial charge >= 0.3 is 6.03 Å². The summed E-state index contributed by atoms with van der Waals surface area (Å²) in [6, 6.07) is 6.29. The number of carbonyl (C=O) groups excluding carboxylic acids is 1. The Labute approximate surface area is 101 Å². The maximum atomic E-state index is 11.9. The van der Waals surface area contributed by atoms with Crippen LogP contribution < -0.4 is 4.31 Å². The molecule has 0 aliphatic carbocycles. The molecule has 0 saturated carbocycles. The lowest BCUT2D eigenvalue weighted by atomic mass is 10.3. The quantitative estimate of drug-likeness (QED) is 0.770. The monoisotopic (exact) mass is 259 g/mol. The van der Waals surface area contributed by atoms with E-state index in [0.717, 1.165) is 0 Å². The SMILES string of the molecule is CN1C(=O)N(c2ccc(Cl)cc2)S(=O)N1C. The number of nitrogens with zero attached hydrogens (tertiary/aromatic N) is 3. The number of rotatable bonds is 1. The number of urea groups is 1. The molecule has 16 heavy (non-hydrogen) atoms. The Balaban J connectivity index is 2.38. The zero-order valence-electron chi connectivity index (χ0n) is 8.75. The molecule has 1 aromatic rings. The van der Waals surface area contributed by atoms with Gasteiger partial charge in [0.1, 0.15) is 0 Å². The van der Waals surface area contributed by atoms with E-state index in [1.54, 1.807) is 38.4 Å². The summed E-state index contributed by atoms with van der Waals surface area (Å²) in [5.74, 6) is 0. The molecule has 0 bridgehead atoms. The van der Waals surface area contributed by atoms with E-state index in [4.69, 9.17) is 11.6 Å². The van der Waals surface area contributed by atoms with Crippen molar-refractivity contribution in [2.24, 2.45) is 0 Å². The minimum atomic E-state index is -1.52. The highest BCUT2D eigenvalue weighted by Crippen LogP contribution is 2.26.